The molecule has 1 fully saturated rings. The lowest BCUT2D eigenvalue weighted by molar-refractivity contribution is 0.0920. The molecule has 148 valence electrons. The lowest BCUT2D eigenvalue weighted by Gasteiger charge is -2.14. The van der Waals surface area contributed by atoms with E-state index in [0.717, 1.165) is 0 Å². The maximum atomic E-state index is 12.2. The van der Waals surface area contributed by atoms with Crippen LogP contribution in [0.1, 0.15) is 9.67 Å². The first-order valence-electron chi connectivity index (χ1n) is 8.81. The van der Waals surface area contributed by atoms with Crippen LogP contribution in [0, 0.1) is 0 Å². The molecule has 9 heteroatoms. The third-order valence-corrected chi connectivity index (χ3v) is 5.65. The van der Waals surface area contributed by atoms with Gasteiger partial charge in [-0.1, -0.05) is 17.7 Å². The molecule has 3 aromatic rings. The molecule has 0 saturated carbocycles. The fourth-order valence-corrected chi connectivity index (χ4v) is 3.96. The molecule has 1 unspecified atom stereocenters. The van der Waals surface area contributed by atoms with Crippen LogP contribution in [0.3, 0.4) is 0 Å². The van der Waals surface area contributed by atoms with E-state index in [1.54, 1.807) is 54.7 Å². The fourth-order valence-electron chi connectivity index (χ4n) is 3.00. The van der Waals surface area contributed by atoms with E-state index in [1.165, 1.54) is 26.9 Å². The van der Waals surface area contributed by atoms with Crippen LogP contribution in [0.4, 0.5) is 10.5 Å². The van der Waals surface area contributed by atoms with E-state index in [2.05, 4.69) is 5.32 Å². The highest BCUT2D eigenvalue weighted by Crippen LogP contribution is 2.23. The van der Waals surface area contributed by atoms with Gasteiger partial charge in [0.1, 0.15) is 6.10 Å². The Hall–Kier alpha value is -3.10. The maximum Gasteiger partial charge on any atom is 0.414 e. The van der Waals surface area contributed by atoms with E-state index in [9.17, 15) is 14.4 Å². The van der Waals surface area contributed by atoms with Gasteiger partial charge < -0.3 is 10.1 Å². The van der Waals surface area contributed by atoms with Gasteiger partial charge in [0.05, 0.1) is 22.3 Å². The summed E-state index contributed by atoms with van der Waals surface area (Å²) < 4.78 is 7.40. The van der Waals surface area contributed by atoms with Gasteiger partial charge in [-0.25, -0.2) is 4.79 Å². The molecule has 1 saturated heterocycles. The average molecular weight is 430 g/mol. The van der Waals surface area contributed by atoms with Crippen LogP contribution in [0.5, 0.6) is 0 Å². The lowest BCUT2D eigenvalue weighted by Crippen LogP contribution is -2.34. The Bertz CT molecular complexity index is 1110. The Morgan fingerprint density at radius 3 is 2.55 bits per heavy atom. The highest BCUT2D eigenvalue weighted by atomic mass is 35.5. The summed E-state index contributed by atoms with van der Waals surface area (Å²) >= 11 is 7.03. The second-order valence-electron chi connectivity index (χ2n) is 6.36. The molecule has 2 aromatic heterocycles. The number of nitrogens with zero attached hydrogens (tertiary/aromatic N) is 2. The molecule has 0 spiro atoms. The van der Waals surface area contributed by atoms with Crippen LogP contribution in [0.15, 0.2) is 65.6 Å². The van der Waals surface area contributed by atoms with Crippen molar-refractivity contribution in [1.82, 2.24) is 9.88 Å². The molecule has 2 amide bonds. The number of hydrogen-bond donors (Lipinski definition) is 1. The van der Waals surface area contributed by atoms with Crippen molar-refractivity contribution in [3.05, 3.63) is 80.4 Å². The number of nitrogens with one attached hydrogen (secondary N) is 1. The predicted octanol–water partition coefficient (Wildman–Crippen LogP) is 3.31. The summed E-state index contributed by atoms with van der Waals surface area (Å²) in [5.41, 5.74) is 1.22. The number of anilines is 1. The molecule has 1 aliphatic heterocycles. The molecule has 7 nitrogen and oxygen atoms in total. The number of carbonyl (C=O) groups excluding carboxylic acids is 2. The number of pyridine rings is 1. The standard InChI is InChI=1S/C20H16ClN3O4S/c21-17-9-8-16(29-17)19(26)22-11-15-12-24(20(27)28-15)14-6-4-13(5-7-14)23-10-2-1-3-18(23)25/h1-10,15H,11-12H2,(H,22,26). The van der Waals surface area contributed by atoms with Crippen LogP contribution >= 0.6 is 22.9 Å². The van der Waals surface area contributed by atoms with Crippen LogP contribution in [0.2, 0.25) is 4.34 Å². The quantitative estimate of drug-likeness (QED) is 0.674. The maximum absolute atomic E-state index is 12.2. The normalized spacial score (nSPS) is 16.0. The minimum absolute atomic E-state index is 0.135. The van der Waals surface area contributed by atoms with Crippen molar-refractivity contribution in [2.45, 2.75) is 6.10 Å². The molecule has 0 radical (unpaired) electrons. The van der Waals surface area contributed by atoms with E-state index in [-0.39, 0.29) is 18.0 Å². The van der Waals surface area contributed by atoms with Gasteiger partial charge in [-0.05, 0) is 42.5 Å². The second kappa shape index (κ2) is 8.10. The number of benzene rings is 1. The summed E-state index contributed by atoms with van der Waals surface area (Å²) in [6, 6.07) is 15.3. The Labute approximate surface area is 175 Å². The van der Waals surface area contributed by atoms with Gasteiger partial charge in [-0.3, -0.25) is 19.1 Å². The van der Waals surface area contributed by atoms with E-state index in [4.69, 9.17) is 16.3 Å². The number of aromatic nitrogens is 1. The SMILES string of the molecule is O=C(NCC1CN(c2ccc(-n3ccccc3=O)cc2)C(=O)O1)c1ccc(Cl)s1. The Kier molecular flexibility index (Phi) is 5.37. The van der Waals surface area contributed by atoms with Crippen LogP contribution in [-0.2, 0) is 4.74 Å². The highest BCUT2D eigenvalue weighted by Gasteiger charge is 2.32. The molecule has 4 rings (SSSR count). The molecular formula is C20H16ClN3O4S. The van der Waals surface area contributed by atoms with Crippen molar-refractivity contribution in [3.63, 3.8) is 0 Å². The molecule has 1 N–H and O–H groups in total. The minimum Gasteiger partial charge on any atom is -0.442 e. The fraction of sp³-hybridized carbons (Fsp3) is 0.150. The van der Waals surface area contributed by atoms with E-state index in [0.29, 0.717) is 27.1 Å². The largest absolute Gasteiger partial charge is 0.442 e. The average Bonchev–Trinajstić information content (AvgIpc) is 3.32. The monoisotopic (exact) mass is 429 g/mol. The van der Waals surface area contributed by atoms with Gasteiger partial charge >= 0.3 is 6.09 Å². The Balaban J connectivity index is 1.39. The minimum atomic E-state index is -0.479. The molecule has 1 atom stereocenters. The van der Waals surface area contributed by atoms with E-state index in [1.807, 2.05) is 0 Å². The molecule has 29 heavy (non-hydrogen) atoms. The van der Waals surface area contributed by atoms with Gasteiger partial charge in [0.2, 0.25) is 0 Å². The number of ether oxygens (including phenoxy) is 1. The summed E-state index contributed by atoms with van der Waals surface area (Å²) in [6.07, 6.45) is 0.743. The number of carbonyl (C=O) groups is 2. The summed E-state index contributed by atoms with van der Waals surface area (Å²) in [6.45, 7) is 0.517. The van der Waals surface area contributed by atoms with Gasteiger partial charge in [0.15, 0.2) is 0 Å². The number of amides is 2. The van der Waals surface area contributed by atoms with Crippen LogP contribution in [-0.4, -0.2) is 35.8 Å². The number of cyclic esters (lactones) is 1. The first kappa shape index (κ1) is 19.2. The highest BCUT2D eigenvalue weighted by molar-refractivity contribution is 7.17. The molecule has 3 heterocycles. The van der Waals surface area contributed by atoms with E-state index >= 15 is 0 Å². The first-order valence-corrected chi connectivity index (χ1v) is 10.0. The summed E-state index contributed by atoms with van der Waals surface area (Å²) in [5, 5.41) is 2.75. The molecule has 0 bridgehead atoms. The van der Waals surface area contributed by atoms with Gasteiger partial charge in [0.25, 0.3) is 11.5 Å². The number of rotatable bonds is 5. The number of halogens is 1. The third-order valence-electron chi connectivity index (χ3n) is 4.42. The van der Waals surface area contributed by atoms with E-state index < -0.39 is 12.2 Å². The molecule has 0 aliphatic carbocycles. The first-order chi connectivity index (χ1) is 14.0. The number of hydrogen-bond acceptors (Lipinski definition) is 5. The third kappa shape index (κ3) is 4.18. The number of thiophene rings is 1. The smallest absolute Gasteiger partial charge is 0.414 e. The second-order valence-corrected chi connectivity index (χ2v) is 8.07. The topological polar surface area (TPSA) is 80.6 Å². The lowest BCUT2D eigenvalue weighted by atomic mass is 10.2. The van der Waals surface area contributed by atoms with Gasteiger partial charge in [0, 0.05) is 23.6 Å². The van der Waals surface area contributed by atoms with Gasteiger partial charge in [-0.15, -0.1) is 11.3 Å². The van der Waals surface area contributed by atoms with Crippen LogP contribution in [0.25, 0.3) is 5.69 Å². The Morgan fingerprint density at radius 1 is 1.10 bits per heavy atom. The summed E-state index contributed by atoms with van der Waals surface area (Å²) in [7, 11) is 0. The molecule has 1 aromatic carbocycles. The van der Waals surface area contributed by atoms with Crippen molar-refractivity contribution in [2.75, 3.05) is 18.0 Å². The molecular weight excluding hydrogens is 414 g/mol. The van der Waals surface area contributed by atoms with Crippen molar-refractivity contribution in [3.8, 4) is 5.69 Å². The zero-order valence-corrected chi connectivity index (χ0v) is 16.7. The van der Waals surface area contributed by atoms with Crippen molar-refractivity contribution >= 4 is 40.6 Å². The zero-order chi connectivity index (χ0) is 20.4. The summed E-state index contributed by atoms with van der Waals surface area (Å²) in [4.78, 5) is 38.3. The Morgan fingerprint density at radius 2 is 1.86 bits per heavy atom. The summed E-state index contributed by atoms with van der Waals surface area (Å²) in [5.74, 6) is -0.256. The zero-order valence-electron chi connectivity index (χ0n) is 15.1. The van der Waals surface area contributed by atoms with Gasteiger partial charge in [-0.2, -0.15) is 0 Å². The van der Waals surface area contributed by atoms with Crippen molar-refractivity contribution in [2.24, 2.45) is 0 Å². The van der Waals surface area contributed by atoms with Crippen molar-refractivity contribution < 1.29 is 14.3 Å². The van der Waals surface area contributed by atoms with Crippen LogP contribution < -0.4 is 15.8 Å². The van der Waals surface area contributed by atoms with Crippen molar-refractivity contribution in [1.29, 1.82) is 0 Å². The predicted molar refractivity (Wildman–Crippen MR) is 111 cm³/mol. The molecule has 1 aliphatic rings.